The van der Waals surface area contributed by atoms with Crippen LogP contribution in [0.2, 0.25) is 0 Å². The van der Waals surface area contributed by atoms with Crippen molar-refractivity contribution in [2.75, 3.05) is 32.0 Å². The second-order valence-electron chi connectivity index (χ2n) is 3.59. The number of ether oxygens (including phenoxy) is 1. The van der Waals surface area contributed by atoms with Gasteiger partial charge < -0.3 is 10.5 Å². The molecule has 82 valence electrons. The third-order valence-electron chi connectivity index (χ3n) is 2.47. The molecule has 1 fully saturated rings. The molecule has 0 spiro atoms. The Morgan fingerprint density at radius 3 is 2.93 bits per heavy atom. The van der Waals surface area contributed by atoms with Crippen molar-refractivity contribution in [3.8, 4) is 0 Å². The fourth-order valence-electron chi connectivity index (χ4n) is 1.62. The maximum absolute atomic E-state index is 5.82. The summed E-state index contributed by atoms with van der Waals surface area (Å²) in [5.74, 6) is 0.615. The normalized spacial score (nSPS) is 17.9. The molecule has 0 unspecified atom stereocenters. The van der Waals surface area contributed by atoms with Gasteiger partial charge in [0.05, 0.1) is 13.2 Å². The number of pyridine rings is 1. The van der Waals surface area contributed by atoms with Crippen molar-refractivity contribution in [3.05, 3.63) is 22.3 Å². The van der Waals surface area contributed by atoms with E-state index in [0.29, 0.717) is 5.82 Å². The van der Waals surface area contributed by atoms with E-state index in [2.05, 4.69) is 25.8 Å². The molecule has 5 heteroatoms. The van der Waals surface area contributed by atoms with Crippen LogP contribution in [0.1, 0.15) is 5.56 Å². The molecule has 0 aliphatic carbocycles. The lowest BCUT2D eigenvalue weighted by Gasteiger charge is -2.26. The number of hydrogen-bond acceptors (Lipinski definition) is 4. The van der Waals surface area contributed by atoms with Gasteiger partial charge in [-0.25, -0.2) is 4.98 Å². The van der Waals surface area contributed by atoms with Gasteiger partial charge in [0.15, 0.2) is 0 Å². The summed E-state index contributed by atoms with van der Waals surface area (Å²) in [4.78, 5) is 6.44. The number of halogens is 1. The highest BCUT2D eigenvalue weighted by atomic mass is 79.9. The average Bonchev–Trinajstić information content (AvgIpc) is 2.25. The molecule has 15 heavy (non-hydrogen) atoms. The number of nitrogens with zero attached hydrogens (tertiary/aromatic N) is 2. The van der Waals surface area contributed by atoms with Crippen LogP contribution in [0.25, 0.3) is 0 Å². The number of aromatic nitrogens is 1. The Kier molecular flexibility index (Phi) is 3.56. The van der Waals surface area contributed by atoms with Crippen molar-refractivity contribution in [1.82, 2.24) is 9.88 Å². The van der Waals surface area contributed by atoms with Crippen molar-refractivity contribution < 1.29 is 4.74 Å². The number of hydrogen-bond donors (Lipinski definition) is 1. The Hall–Kier alpha value is -0.650. The molecule has 2 N–H and O–H groups in total. The SMILES string of the molecule is Nc1ncc(Br)cc1CN1CCOCC1. The van der Waals surface area contributed by atoms with Crippen molar-refractivity contribution in [2.45, 2.75) is 6.54 Å². The number of morpholine rings is 1. The maximum Gasteiger partial charge on any atom is 0.127 e. The summed E-state index contributed by atoms with van der Waals surface area (Å²) in [5.41, 5.74) is 6.89. The summed E-state index contributed by atoms with van der Waals surface area (Å²) in [5, 5.41) is 0. The predicted octanol–water partition coefficient (Wildman–Crippen LogP) is 1.26. The lowest BCUT2D eigenvalue weighted by molar-refractivity contribution is 0.0342. The van der Waals surface area contributed by atoms with Crippen molar-refractivity contribution in [3.63, 3.8) is 0 Å². The molecule has 0 amide bonds. The molecule has 0 bridgehead atoms. The minimum atomic E-state index is 0.615. The summed E-state index contributed by atoms with van der Waals surface area (Å²) in [6, 6.07) is 2.03. The highest BCUT2D eigenvalue weighted by Crippen LogP contribution is 2.17. The zero-order chi connectivity index (χ0) is 10.7. The van der Waals surface area contributed by atoms with Gasteiger partial charge in [0, 0.05) is 35.9 Å². The maximum atomic E-state index is 5.82. The minimum Gasteiger partial charge on any atom is -0.383 e. The van der Waals surface area contributed by atoms with Crippen LogP contribution in [-0.2, 0) is 11.3 Å². The van der Waals surface area contributed by atoms with Gasteiger partial charge in [0.1, 0.15) is 5.82 Å². The van der Waals surface area contributed by atoms with Gasteiger partial charge in [0.25, 0.3) is 0 Å². The summed E-state index contributed by atoms with van der Waals surface area (Å²) in [6.07, 6.45) is 1.72. The minimum absolute atomic E-state index is 0.615. The average molecular weight is 272 g/mol. The van der Waals surface area contributed by atoms with Crippen molar-refractivity contribution in [1.29, 1.82) is 0 Å². The van der Waals surface area contributed by atoms with E-state index in [4.69, 9.17) is 10.5 Å². The molecule has 2 rings (SSSR count). The molecule has 0 aromatic carbocycles. The standard InChI is InChI=1S/C10H14BrN3O/c11-9-5-8(10(12)13-6-9)7-14-1-3-15-4-2-14/h5-6H,1-4,7H2,(H2,12,13). The third-order valence-corrected chi connectivity index (χ3v) is 2.90. The summed E-state index contributed by atoms with van der Waals surface area (Å²) >= 11 is 3.40. The van der Waals surface area contributed by atoms with Crippen molar-refractivity contribution >= 4 is 21.7 Å². The van der Waals surface area contributed by atoms with Crippen LogP contribution in [-0.4, -0.2) is 36.2 Å². The van der Waals surface area contributed by atoms with Crippen LogP contribution in [0, 0.1) is 0 Å². The van der Waals surface area contributed by atoms with Crippen LogP contribution < -0.4 is 5.73 Å². The van der Waals surface area contributed by atoms with Crippen LogP contribution in [0.5, 0.6) is 0 Å². The molecular formula is C10H14BrN3O. The molecule has 1 aromatic heterocycles. The number of anilines is 1. The van der Waals surface area contributed by atoms with Crippen LogP contribution in [0.15, 0.2) is 16.7 Å². The predicted molar refractivity (Wildman–Crippen MR) is 62.4 cm³/mol. The Balaban J connectivity index is 2.05. The quantitative estimate of drug-likeness (QED) is 0.880. The van der Waals surface area contributed by atoms with E-state index < -0.39 is 0 Å². The highest BCUT2D eigenvalue weighted by Gasteiger charge is 2.12. The first kappa shape index (κ1) is 10.9. The fraction of sp³-hybridized carbons (Fsp3) is 0.500. The van der Waals surface area contributed by atoms with Gasteiger partial charge in [0.2, 0.25) is 0 Å². The van der Waals surface area contributed by atoms with Crippen LogP contribution in [0.3, 0.4) is 0 Å². The Bertz CT molecular complexity index is 339. The van der Waals surface area contributed by atoms with Gasteiger partial charge in [-0.05, 0) is 22.0 Å². The Morgan fingerprint density at radius 2 is 2.20 bits per heavy atom. The lowest BCUT2D eigenvalue weighted by Crippen LogP contribution is -2.35. The largest absolute Gasteiger partial charge is 0.383 e. The second kappa shape index (κ2) is 4.92. The summed E-state index contributed by atoms with van der Waals surface area (Å²) < 4.78 is 6.27. The number of nitrogens with two attached hydrogens (primary N) is 1. The summed E-state index contributed by atoms with van der Waals surface area (Å²) in [6.45, 7) is 4.39. The second-order valence-corrected chi connectivity index (χ2v) is 4.50. The Labute approximate surface area is 97.6 Å². The van der Waals surface area contributed by atoms with Gasteiger partial charge in [-0.2, -0.15) is 0 Å². The molecule has 0 saturated carbocycles. The molecule has 4 nitrogen and oxygen atoms in total. The van der Waals surface area contributed by atoms with Gasteiger partial charge in [-0.15, -0.1) is 0 Å². The molecule has 0 radical (unpaired) electrons. The van der Waals surface area contributed by atoms with E-state index in [9.17, 15) is 0 Å². The van der Waals surface area contributed by atoms with E-state index in [-0.39, 0.29) is 0 Å². The van der Waals surface area contributed by atoms with E-state index in [0.717, 1.165) is 42.9 Å². The van der Waals surface area contributed by atoms with E-state index in [1.54, 1.807) is 6.20 Å². The van der Waals surface area contributed by atoms with Crippen LogP contribution >= 0.6 is 15.9 Å². The first-order valence-electron chi connectivity index (χ1n) is 4.96. The third kappa shape index (κ3) is 2.90. The topological polar surface area (TPSA) is 51.4 Å². The lowest BCUT2D eigenvalue weighted by atomic mass is 10.2. The monoisotopic (exact) mass is 271 g/mol. The zero-order valence-corrected chi connectivity index (χ0v) is 10.0. The van der Waals surface area contributed by atoms with Gasteiger partial charge in [-0.1, -0.05) is 0 Å². The van der Waals surface area contributed by atoms with Crippen molar-refractivity contribution in [2.24, 2.45) is 0 Å². The molecule has 1 aliphatic rings. The van der Waals surface area contributed by atoms with E-state index in [1.807, 2.05) is 6.07 Å². The van der Waals surface area contributed by atoms with E-state index >= 15 is 0 Å². The van der Waals surface area contributed by atoms with Gasteiger partial charge >= 0.3 is 0 Å². The summed E-state index contributed by atoms with van der Waals surface area (Å²) in [7, 11) is 0. The molecule has 1 saturated heterocycles. The molecule has 1 aliphatic heterocycles. The van der Waals surface area contributed by atoms with Gasteiger partial charge in [-0.3, -0.25) is 4.90 Å². The Morgan fingerprint density at radius 1 is 1.47 bits per heavy atom. The molecule has 1 aromatic rings. The molecule has 2 heterocycles. The molecule has 0 atom stereocenters. The van der Waals surface area contributed by atoms with Crippen LogP contribution in [0.4, 0.5) is 5.82 Å². The smallest absolute Gasteiger partial charge is 0.127 e. The first-order valence-corrected chi connectivity index (χ1v) is 5.75. The van der Waals surface area contributed by atoms with E-state index in [1.165, 1.54) is 0 Å². The zero-order valence-electron chi connectivity index (χ0n) is 8.45. The first-order chi connectivity index (χ1) is 7.25. The highest BCUT2D eigenvalue weighted by molar-refractivity contribution is 9.10. The molecular weight excluding hydrogens is 258 g/mol. The number of nitrogen functional groups attached to an aromatic ring is 1. The fourth-order valence-corrected chi connectivity index (χ4v) is 2.00. The number of rotatable bonds is 2.